The van der Waals surface area contributed by atoms with E-state index < -0.39 is 11.5 Å². The van der Waals surface area contributed by atoms with Gasteiger partial charge in [0.15, 0.2) is 5.75 Å². The van der Waals surface area contributed by atoms with Crippen LogP contribution in [0, 0.1) is 0 Å². The van der Waals surface area contributed by atoms with Gasteiger partial charge in [0.25, 0.3) is 0 Å². The monoisotopic (exact) mass is 327 g/mol. The number of esters is 1. The second-order valence-electron chi connectivity index (χ2n) is 4.50. The number of rotatable bonds is 4. The molecule has 4 nitrogen and oxygen atoms in total. The number of hydrogen-bond acceptors (Lipinski definition) is 4. The third-order valence-electron chi connectivity index (χ3n) is 2.04. The fourth-order valence-corrected chi connectivity index (χ4v) is 1.71. The molecule has 0 bridgehead atoms. The Morgan fingerprint density at radius 1 is 1.32 bits per heavy atom. The van der Waals surface area contributed by atoms with Crippen molar-refractivity contribution in [3.63, 3.8) is 0 Å². The zero-order valence-electron chi connectivity index (χ0n) is 10.8. The Balaban J connectivity index is 0.00000324. The number of halogens is 3. The van der Waals surface area contributed by atoms with E-state index in [9.17, 15) is 4.79 Å². The summed E-state index contributed by atoms with van der Waals surface area (Å²) in [6, 6.07) is 3.06. The van der Waals surface area contributed by atoms with Crippen LogP contribution in [0.1, 0.15) is 24.2 Å². The van der Waals surface area contributed by atoms with Crippen molar-refractivity contribution in [1.29, 1.82) is 0 Å². The van der Waals surface area contributed by atoms with Crippen LogP contribution < -0.4 is 10.5 Å². The van der Waals surface area contributed by atoms with Crippen molar-refractivity contribution in [3.05, 3.63) is 27.7 Å². The van der Waals surface area contributed by atoms with Gasteiger partial charge in [-0.15, -0.1) is 12.4 Å². The molecule has 0 aliphatic heterocycles. The molecule has 0 spiro atoms. The minimum atomic E-state index is -0.617. The highest BCUT2D eigenvalue weighted by Crippen LogP contribution is 2.34. The summed E-state index contributed by atoms with van der Waals surface area (Å²) in [6.45, 7) is 3.56. The maximum Gasteiger partial charge on any atom is 0.343 e. The summed E-state index contributed by atoms with van der Waals surface area (Å²) in [4.78, 5) is 11.9. The molecule has 1 aromatic rings. The zero-order chi connectivity index (χ0) is 13.9. The standard InChI is InChI=1S/C12H15Cl2NO3.ClH/c1-12(2,15)6-18-11(16)9-7(13)4-5-8(14)10(9)17-3;/h4-5H,6,15H2,1-3H3;1H. The van der Waals surface area contributed by atoms with Crippen LogP contribution in [0.5, 0.6) is 5.75 Å². The van der Waals surface area contributed by atoms with E-state index in [4.69, 9.17) is 38.4 Å². The molecule has 108 valence electrons. The fourth-order valence-electron chi connectivity index (χ4n) is 1.25. The largest absolute Gasteiger partial charge is 0.494 e. The van der Waals surface area contributed by atoms with Crippen molar-refractivity contribution in [1.82, 2.24) is 0 Å². The predicted molar refractivity (Wildman–Crippen MR) is 78.8 cm³/mol. The SMILES string of the molecule is COc1c(Cl)ccc(Cl)c1C(=O)OCC(C)(C)N.Cl. The maximum atomic E-state index is 11.9. The van der Waals surface area contributed by atoms with E-state index in [1.807, 2.05) is 0 Å². The molecule has 0 aliphatic rings. The predicted octanol–water partition coefficient (Wildman–Crippen LogP) is 3.32. The van der Waals surface area contributed by atoms with Gasteiger partial charge >= 0.3 is 5.97 Å². The maximum absolute atomic E-state index is 11.9. The quantitative estimate of drug-likeness (QED) is 0.861. The number of methoxy groups -OCH3 is 1. The summed E-state index contributed by atoms with van der Waals surface area (Å²) in [5.74, 6) is -0.415. The fraction of sp³-hybridized carbons (Fsp3) is 0.417. The van der Waals surface area contributed by atoms with E-state index in [2.05, 4.69) is 0 Å². The molecule has 0 aliphatic carbocycles. The van der Waals surface area contributed by atoms with Gasteiger partial charge in [-0.3, -0.25) is 0 Å². The minimum Gasteiger partial charge on any atom is -0.494 e. The molecule has 19 heavy (non-hydrogen) atoms. The van der Waals surface area contributed by atoms with Crippen molar-refractivity contribution in [3.8, 4) is 5.75 Å². The second-order valence-corrected chi connectivity index (χ2v) is 5.32. The summed E-state index contributed by atoms with van der Waals surface area (Å²) >= 11 is 11.9. The summed E-state index contributed by atoms with van der Waals surface area (Å²) < 4.78 is 10.1. The molecule has 1 aromatic carbocycles. The lowest BCUT2D eigenvalue weighted by atomic mass is 10.1. The van der Waals surface area contributed by atoms with Crippen LogP contribution in [0.25, 0.3) is 0 Å². The van der Waals surface area contributed by atoms with Crippen LogP contribution in [0.4, 0.5) is 0 Å². The van der Waals surface area contributed by atoms with E-state index in [1.54, 1.807) is 19.9 Å². The molecule has 0 saturated carbocycles. The number of carbonyl (C=O) groups is 1. The highest BCUT2D eigenvalue weighted by Gasteiger charge is 2.22. The summed E-state index contributed by atoms with van der Waals surface area (Å²) in [7, 11) is 1.40. The van der Waals surface area contributed by atoms with Crippen LogP contribution in [-0.4, -0.2) is 25.2 Å². The topological polar surface area (TPSA) is 61.5 Å². The van der Waals surface area contributed by atoms with Gasteiger partial charge in [0, 0.05) is 5.54 Å². The van der Waals surface area contributed by atoms with Gasteiger partial charge in [0.05, 0.1) is 17.2 Å². The first kappa shape index (κ1) is 18.3. The number of carbonyl (C=O) groups excluding carboxylic acids is 1. The van der Waals surface area contributed by atoms with Crippen molar-refractivity contribution in [2.24, 2.45) is 5.73 Å². The van der Waals surface area contributed by atoms with Crippen molar-refractivity contribution in [2.45, 2.75) is 19.4 Å². The van der Waals surface area contributed by atoms with Gasteiger partial charge in [-0.1, -0.05) is 23.2 Å². The minimum absolute atomic E-state index is 0. The Morgan fingerprint density at radius 3 is 2.32 bits per heavy atom. The normalized spacial score (nSPS) is 10.6. The molecule has 0 aromatic heterocycles. The number of ether oxygens (including phenoxy) is 2. The van der Waals surface area contributed by atoms with Gasteiger partial charge in [0.2, 0.25) is 0 Å². The number of nitrogens with two attached hydrogens (primary N) is 1. The molecule has 0 fully saturated rings. The third-order valence-corrected chi connectivity index (χ3v) is 2.65. The smallest absolute Gasteiger partial charge is 0.343 e. The van der Waals surface area contributed by atoms with Crippen LogP contribution in [-0.2, 0) is 4.74 Å². The van der Waals surface area contributed by atoms with E-state index in [0.29, 0.717) is 5.02 Å². The average molecular weight is 329 g/mol. The molecular formula is C12H16Cl3NO3. The van der Waals surface area contributed by atoms with Gasteiger partial charge < -0.3 is 15.2 Å². The molecule has 7 heteroatoms. The summed E-state index contributed by atoms with van der Waals surface area (Å²) in [5.41, 5.74) is 5.22. The molecule has 1 rings (SSSR count). The molecule has 0 saturated heterocycles. The second kappa shape index (κ2) is 7.20. The van der Waals surface area contributed by atoms with E-state index >= 15 is 0 Å². The molecule has 0 atom stereocenters. The lowest BCUT2D eigenvalue weighted by molar-refractivity contribution is 0.0430. The Kier molecular flexibility index (Phi) is 6.94. The Bertz CT molecular complexity index is 458. The average Bonchev–Trinajstić information content (AvgIpc) is 2.27. The first-order valence-corrected chi connectivity index (χ1v) is 6.00. The number of hydrogen-bond donors (Lipinski definition) is 1. The lowest BCUT2D eigenvalue weighted by Crippen LogP contribution is -2.38. The van der Waals surface area contributed by atoms with Gasteiger partial charge in [0.1, 0.15) is 12.2 Å². The van der Waals surface area contributed by atoms with E-state index in [-0.39, 0.29) is 35.3 Å². The Morgan fingerprint density at radius 2 is 1.84 bits per heavy atom. The van der Waals surface area contributed by atoms with Crippen molar-refractivity contribution >= 4 is 41.6 Å². The van der Waals surface area contributed by atoms with Crippen molar-refractivity contribution in [2.75, 3.05) is 13.7 Å². The first-order chi connectivity index (χ1) is 8.26. The highest BCUT2D eigenvalue weighted by atomic mass is 35.5. The van der Waals surface area contributed by atoms with E-state index in [1.165, 1.54) is 13.2 Å². The van der Waals surface area contributed by atoms with E-state index in [0.717, 1.165) is 0 Å². The molecule has 2 N–H and O–H groups in total. The lowest BCUT2D eigenvalue weighted by Gasteiger charge is -2.19. The van der Waals surface area contributed by atoms with Crippen LogP contribution in [0.2, 0.25) is 10.0 Å². The molecule has 0 amide bonds. The van der Waals surface area contributed by atoms with Gasteiger partial charge in [-0.05, 0) is 26.0 Å². The third kappa shape index (κ3) is 5.07. The molecule has 0 heterocycles. The van der Waals surface area contributed by atoms with Crippen LogP contribution in [0.3, 0.4) is 0 Å². The molecule has 0 radical (unpaired) electrons. The molecular weight excluding hydrogens is 312 g/mol. The Hall–Kier alpha value is -0.680. The van der Waals surface area contributed by atoms with Crippen LogP contribution >= 0.6 is 35.6 Å². The first-order valence-electron chi connectivity index (χ1n) is 5.24. The van der Waals surface area contributed by atoms with Crippen LogP contribution in [0.15, 0.2) is 12.1 Å². The highest BCUT2D eigenvalue weighted by molar-refractivity contribution is 6.37. The zero-order valence-corrected chi connectivity index (χ0v) is 13.2. The summed E-state index contributed by atoms with van der Waals surface area (Å²) in [5, 5.41) is 0.511. The summed E-state index contributed by atoms with van der Waals surface area (Å²) in [6.07, 6.45) is 0. The molecule has 0 unspecified atom stereocenters. The Labute approximate surface area is 128 Å². The van der Waals surface area contributed by atoms with Gasteiger partial charge in [-0.25, -0.2) is 4.79 Å². The van der Waals surface area contributed by atoms with Gasteiger partial charge in [-0.2, -0.15) is 0 Å². The number of benzene rings is 1. The van der Waals surface area contributed by atoms with Crippen molar-refractivity contribution < 1.29 is 14.3 Å².